The fraction of sp³-hybridized carbons (Fsp3) is 1.00. The van der Waals surface area contributed by atoms with Crippen molar-refractivity contribution in [3.63, 3.8) is 0 Å². The molecule has 0 aromatic carbocycles. The molecule has 1 heterocycles. The number of hydrogen-bond donors (Lipinski definition) is 0. The van der Waals surface area contributed by atoms with Gasteiger partial charge in [-0.2, -0.15) is 0 Å². The van der Waals surface area contributed by atoms with Gasteiger partial charge in [0.1, 0.15) is 0 Å². The van der Waals surface area contributed by atoms with Crippen molar-refractivity contribution >= 4 is 0 Å². The molecule has 0 N–H and O–H groups in total. The van der Waals surface area contributed by atoms with Crippen molar-refractivity contribution in [1.82, 2.24) is 4.90 Å². The first-order valence-electron chi connectivity index (χ1n) is 5.51. The molecule has 1 nitrogen and oxygen atoms in total. The molecule has 0 spiro atoms. The molecule has 2 fully saturated rings. The van der Waals surface area contributed by atoms with Crippen molar-refractivity contribution in [2.24, 2.45) is 5.92 Å². The maximum absolute atomic E-state index is 2.77. The highest BCUT2D eigenvalue weighted by molar-refractivity contribution is 4.99. The quantitative estimate of drug-likeness (QED) is 0.611. The Morgan fingerprint density at radius 3 is 2.58 bits per heavy atom. The third-order valence-corrected chi connectivity index (χ3v) is 3.81. The minimum absolute atomic E-state index is 0.769. The summed E-state index contributed by atoms with van der Waals surface area (Å²) in [4.78, 5) is 2.77. The Morgan fingerprint density at radius 1 is 1.33 bits per heavy atom. The molecule has 3 atom stereocenters. The van der Waals surface area contributed by atoms with Crippen LogP contribution in [0.4, 0.5) is 0 Å². The lowest BCUT2D eigenvalue weighted by Crippen LogP contribution is -2.44. The van der Waals surface area contributed by atoms with Gasteiger partial charge in [0.15, 0.2) is 0 Å². The molecule has 12 heavy (non-hydrogen) atoms. The molecular formula is C11H21N. The zero-order valence-corrected chi connectivity index (χ0v) is 8.59. The number of rotatable bonds is 2. The maximum Gasteiger partial charge on any atom is 0.0127 e. The molecule has 0 aromatic heterocycles. The lowest BCUT2D eigenvalue weighted by atomic mass is 9.96. The Hall–Kier alpha value is -0.0400. The van der Waals surface area contributed by atoms with Crippen LogP contribution < -0.4 is 0 Å². The average molecular weight is 167 g/mol. The summed E-state index contributed by atoms with van der Waals surface area (Å²) in [7, 11) is 0. The minimum atomic E-state index is 0.769. The van der Waals surface area contributed by atoms with Gasteiger partial charge in [0.25, 0.3) is 0 Å². The molecule has 2 rings (SSSR count). The Balaban J connectivity index is 2.11. The minimum Gasteiger partial charge on any atom is -0.295 e. The van der Waals surface area contributed by atoms with E-state index in [4.69, 9.17) is 0 Å². The number of hydrogen-bond acceptors (Lipinski definition) is 1. The van der Waals surface area contributed by atoms with Gasteiger partial charge in [0.05, 0.1) is 0 Å². The Labute approximate surface area is 76.1 Å². The van der Waals surface area contributed by atoms with Gasteiger partial charge >= 0.3 is 0 Å². The van der Waals surface area contributed by atoms with Crippen molar-refractivity contribution in [3.8, 4) is 0 Å². The highest BCUT2D eigenvalue weighted by Crippen LogP contribution is 2.44. The zero-order valence-electron chi connectivity index (χ0n) is 8.59. The summed E-state index contributed by atoms with van der Waals surface area (Å²) >= 11 is 0. The van der Waals surface area contributed by atoms with Crippen molar-refractivity contribution in [1.29, 1.82) is 0 Å². The van der Waals surface area contributed by atoms with Crippen LogP contribution in [0.3, 0.4) is 0 Å². The Morgan fingerprint density at radius 2 is 2.08 bits per heavy atom. The lowest BCUT2D eigenvalue weighted by molar-refractivity contribution is 0.0998. The van der Waals surface area contributed by atoms with Gasteiger partial charge in [-0.15, -0.1) is 0 Å². The number of fused-ring (bicyclic) bond motifs is 2. The summed E-state index contributed by atoms with van der Waals surface area (Å²) in [6.45, 7) is 7.05. The van der Waals surface area contributed by atoms with Crippen molar-refractivity contribution in [3.05, 3.63) is 0 Å². The van der Waals surface area contributed by atoms with Crippen LogP contribution in [0.25, 0.3) is 0 Å². The van der Waals surface area contributed by atoms with Crippen molar-refractivity contribution in [2.45, 2.75) is 64.6 Å². The fourth-order valence-corrected chi connectivity index (χ4v) is 3.47. The number of nitrogens with zero attached hydrogens (tertiary/aromatic N) is 1. The topological polar surface area (TPSA) is 3.24 Å². The van der Waals surface area contributed by atoms with Crippen LogP contribution in [0.5, 0.6) is 0 Å². The standard InChI is InChI=1S/C11H21N/c1-4-11-9-5-6-10(7-9)12(11)8(2)3/h8-11H,4-7H2,1-3H3/t9-,10+,11-/m1/s1. The third-order valence-electron chi connectivity index (χ3n) is 3.81. The van der Waals surface area contributed by atoms with Gasteiger partial charge < -0.3 is 0 Å². The van der Waals surface area contributed by atoms with Crippen LogP contribution in [0, 0.1) is 5.92 Å². The van der Waals surface area contributed by atoms with E-state index in [9.17, 15) is 0 Å². The van der Waals surface area contributed by atoms with Gasteiger partial charge in [-0.05, 0) is 45.4 Å². The molecule has 70 valence electrons. The summed E-state index contributed by atoms with van der Waals surface area (Å²) in [6.07, 6.45) is 5.84. The van der Waals surface area contributed by atoms with Gasteiger partial charge in [-0.3, -0.25) is 4.90 Å². The Kier molecular flexibility index (Phi) is 2.16. The van der Waals surface area contributed by atoms with E-state index in [1.807, 2.05) is 0 Å². The first-order chi connectivity index (χ1) is 5.74. The lowest BCUT2D eigenvalue weighted by Gasteiger charge is -2.37. The van der Waals surface area contributed by atoms with E-state index in [0.29, 0.717) is 0 Å². The van der Waals surface area contributed by atoms with E-state index >= 15 is 0 Å². The van der Waals surface area contributed by atoms with E-state index in [1.54, 1.807) is 0 Å². The second-order valence-electron chi connectivity index (χ2n) is 4.74. The summed E-state index contributed by atoms with van der Waals surface area (Å²) in [6, 6.07) is 2.63. The smallest absolute Gasteiger partial charge is 0.0127 e. The van der Waals surface area contributed by atoms with E-state index < -0.39 is 0 Å². The molecule has 1 saturated carbocycles. The molecule has 2 bridgehead atoms. The summed E-state index contributed by atoms with van der Waals surface area (Å²) in [5.41, 5.74) is 0. The van der Waals surface area contributed by atoms with Gasteiger partial charge in [-0.1, -0.05) is 6.92 Å². The van der Waals surface area contributed by atoms with E-state index in [2.05, 4.69) is 25.7 Å². The largest absolute Gasteiger partial charge is 0.295 e. The van der Waals surface area contributed by atoms with Crippen LogP contribution in [0.1, 0.15) is 46.5 Å². The van der Waals surface area contributed by atoms with Crippen LogP contribution in [0.15, 0.2) is 0 Å². The number of piperidine rings is 1. The highest BCUT2D eigenvalue weighted by Gasteiger charge is 2.45. The molecule has 0 radical (unpaired) electrons. The van der Waals surface area contributed by atoms with E-state index in [1.165, 1.54) is 25.7 Å². The van der Waals surface area contributed by atoms with Crippen LogP contribution >= 0.6 is 0 Å². The maximum atomic E-state index is 2.77. The average Bonchev–Trinajstić information content (AvgIpc) is 2.60. The zero-order chi connectivity index (χ0) is 8.72. The van der Waals surface area contributed by atoms with Crippen LogP contribution in [0.2, 0.25) is 0 Å². The second kappa shape index (κ2) is 3.02. The van der Waals surface area contributed by atoms with Gasteiger partial charge in [0.2, 0.25) is 0 Å². The molecule has 1 heteroatoms. The van der Waals surface area contributed by atoms with Gasteiger partial charge in [0, 0.05) is 18.1 Å². The molecule has 0 amide bonds. The predicted octanol–water partition coefficient (Wildman–Crippen LogP) is 2.66. The Bertz CT molecular complexity index is 164. The highest BCUT2D eigenvalue weighted by atomic mass is 15.2. The van der Waals surface area contributed by atoms with Crippen LogP contribution in [-0.4, -0.2) is 23.0 Å². The third kappa shape index (κ3) is 1.10. The predicted molar refractivity (Wildman–Crippen MR) is 52.2 cm³/mol. The second-order valence-corrected chi connectivity index (χ2v) is 4.74. The molecule has 0 aromatic rings. The number of likely N-dealkylation sites (tertiary alicyclic amines) is 1. The van der Waals surface area contributed by atoms with Crippen molar-refractivity contribution in [2.75, 3.05) is 0 Å². The molecule has 2 aliphatic rings. The van der Waals surface area contributed by atoms with Gasteiger partial charge in [-0.25, -0.2) is 0 Å². The summed E-state index contributed by atoms with van der Waals surface area (Å²) in [5.74, 6) is 1.04. The van der Waals surface area contributed by atoms with Crippen molar-refractivity contribution < 1.29 is 0 Å². The summed E-state index contributed by atoms with van der Waals surface area (Å²) < 4.78 is 0. The molecule has 1 aliphatic carbocycles. The molecule has 0 unspecified atom stereocenters. The van der Waals surface area contributed by atoms with E-state index in [0.717, 1.165) is 24.0 Å². The van der Waals surface area contributed by atoms with Crippen LogP contribution in [-0.2, 0) is 0 Å². The fourth-order valence-electron chi connectivity index (χ4n) is 3.47. The molecular weight excluding hydrogens is 146 g/mol. The molecule has 1 aliphatic heterocycles. The summed E-state index contributed by atoms with van der Waals surface area (Å²) in [5, 5.41) is 0. The molecule has 1 saturated heterocycles. The van der Waals surface area contributed by atoms with E-state index in [-0.39, 0.29) is 0 Å². The monoisotopic (exact) mass is 167 g/mol. The SMILES string of the molecule is CC[C@@H]1[C@@H]2CC[C@@H](C2)N1C(C)C. The normalized spacial score (nSPS) is 41.5. The first-order valence-corrected chi connectivity index (χ1v) is 5.51. The first kappa shape index (κ1) is 8.55.